The number of carbonyl (C=O) groups is 2. The van der Waals surface area contributed by atoms with Crippen molar-refractivity contribution >= 4 is 17.4 Å². The molecule has 0 aliphatic rings. The van der Waals surface area contributed by atoms with Gasteiger partial charge in [0.25, 0.3) is 0 Å². The van der Waals surface area contributed by atoms with Crippen LogP contribution in [0.3, 0.4) is 0 Å². The Hall–Kier alpha value is -3.15. The number of hydrogen-bond acceptors (Lipinski definition) is 4. The monoisotopic (exact) mass is 357 g/mol. The molecule has 6 heteroatoms. The number of methoxy groups -OCH3 is 1. The highest BCUT2D eigenvalue weighted by atomic mass is 19.1. The van der Waals surface area contributed by atoms with Gasteiger partial charge in [0.1, 0.15) is 5.82 Å². The average molecular weight is 357 g/mol. The molecule has 0 radical (unpaired) electrons. The lowest BCUT2D eigenvalue weighted by atomic mass is 9.95. The maximum atomic E-state index is 14.3. The second kappa shape index (κ2) is 7.82. The number of nitrogens with one attached hydrogen (secondary N) is 1. The van der Waals surface area contributed by atoms with E-state index in [1.807, 2.05) is 6.92 Å². The minimum absolute atomic E-state index is 0.0573. The molecule has 0 aromatic heterocycles. The van der Waals surface area contributed by atoms with Gasteiger partial charge in [-0.15, -0.1) is 0 Å². The van der Waals surface area contributed by atoms with Gasteiger partial charge >= 0.3 is 5.97 Å². The maximum absolute atomic E-state index is 14.3. The predicted octanol–water partition coefficient (Wildman–Crippen LogP) is 4.10. The second-order valence-corrected chi connectivity index (χ2v) is 5.92. The van der Waals surface area contributed by atoms with E-state index in [-0.39, 0.29) is 17.8 Å². The van der Waals surface area contributed by atoms with E-state index in [0.717, 1.165) is 11.3 Å². The van der Waals surface area contributed by atoms with Crippen molar-refractivity contribution in [2.75, 3.05) is 12.4 Å². The Labute approximate surface area is 151 Å². The Morgan fingerprint density at radius 3 is 2.50 bits per heavy atom. The molecule has 136 valence electrons. The highest BCUT2D eigenvalue weighted by Crippen LogP contribution is 2.24. The SMILES string of the molecule is C=C(Nc1cc(C)c(C(=O)Cc2cccc(C(=O)O)c2F)cc1C)OC. The van der Waals surface area contributed by atoms with Crippen LogP contribution in [-0.2, 0) is 11.2 Å². The van der Waals surface area contributed by atoms with Crippen LogP contribution < -0.4 is 5.32 Å². The molecule has 0 fully saturated rings. The summed E-state index contributed by atoms with van der Waals surface area (Å²) in [5.74, 6) is -2.15. The van der Waals surface area contributed by atoms with E-state index in [1.165, 1.54) is 25.3 Å². The third-order valence-electron chi connectivity index (χ3n) is 4.05. The van der Waals surface area contributed by atoms with Crippen molar-refractivity contribution in [1.29, 1.82) is 0 Å². The molecule has 5 nitrogen and oxygen atoms in total. The smallest absolute Gasteiger partial charge is 0.338 e. The van der Waals surface area contributed by atoms with Gasteiger partial charge < -0.3 is 15.2 Å². The number of ketones is 1. The molecule has 2 aromatic carbocycles. The molecule has 0 aliphatic heterocycles. The molecule has 0 aliphatic carbocycles. The van der Waals surface area contributed by atoms with Gasteiger partial charge in [-0.1, -0.05) is 12.1 Å². The van der Waals surface area contributed by atoms with Crippen LogP contribution in [0.2, 0.25) is 0 Å². The molecule has 2 N–H and O–H groups in total. The molecule has 2 rings (SSSR count). The van der Waals surface area contributed by atoms with E-state index >= 15 is 0 Å². The van der Waals surface area contributed by atoms with Gasteiger partial charge in [-0.3, -0.25) is 4.79 Å². The van der Waals surface area contributed by atoms with E-state index in [9.17, 15) is 14.0 Å². The molecular formula is C20H20FNO4. The number of halogens is 1. The van der Waals surface area contributed by atoms with Crippen LogP contribution in [0.25, 0.3) is 0 Å². The van der Waals surface area contributed by atoms with Crippen LogP contribution in [0.4, 0.5) is 10.1 Å². The number of benzene rings is 2. The van der Waals surface area contributed by atoms with Crippen LogP contribution in [0.15, 0.2) is 42.8 Å². The summed E-state index contributed by atoms with van der Waals surface area (Å²) in [6.45, 7) is 7.30. The number of Topliss-reactive ketones (excluding diaryl/α,β-unsaturated/α-hetero) is 1. The normalized spacial score (nSPS) is 10.3. The molecule has 0 saturated heterocycles. The van der Waals surface area contributed by atoms with Crippen molar-refractivity contribution in [2.24, 2.45) is 0 Å². The molecule has 0 amide bonds. The Balaban J connectivity index is 2.31. The predicted molar refractivity (Wildman–Crippen MR) is 97.1 cm³/mol. The van der Waals surface area contributed by atoms with Gasteiger partial charge in [0.15, 0.2) is 11.7 Å². The minimum atomic E-state index is -1.36. The number of ether oxygens (including phenoxy) is 1. The van der Waals surface area contributed by atoms with Crippen molar-refractivity contribution in [3.8, 4) is 0 Å². The summed E-state index contributed by atoms with van der Waals surface area (Å²) in [5.41, 5.74) is 2.34. The largest absolute Gasteiger partial charge is 0.483 e. The molecule has 0 atom stereocenters. The summed E-state index contributed by atoms with van der Waals surface area (Å²) in [6.07, 6.45) is -0.217. The Kier molecular flexibility index (Phi) is 5.77. The van der Waals surface area contributed by atoms with Crippen LogP contribution in [0.5, 0.6) is 0 Å². The summed E-state index contributed by atoms with van der Waals surface area (Å²) in [7, 11) is 1.50. The fourth-order valence-corrected chi connectivity index (χ4v) is 2.60. The Bertz CT molecular complexity index is 890. The zero-order valence-corrected chi connectivity index (χ0v) is 14.9. The second-order valence-electron chi connectivity index (χ2n) is 5.92. The summed E-state index contributed by atoms with van der Waals surface area (Å²) >= 11 is 0. The van der Waals surface area contributed by atoms with Crippen molar-refractivity contribution < 1.29 is 23.8 Å². The van der Waals surface area contributed by atoms with E-state index in [1.54, 1.807) is 19.1 Å². The first-order chi connectivity index (χ1) is 12.2. The van der Waals surface area contributed by atoms with Crippen LogP contribution in [-0.4, -0.2) is 24.0 Å². The third-order valence-corrected chi connectivity index (χ3v) is 4.05. The van der Waals surface area contributed by atoms with E-state index < -0.39 is 17.3 Å². The number of hydrogen-bond donors (Lipinski definition) is 2. The number of carboxylic acids is 1. The fourth-order valence-electron chi connectivity index (χ4n) is 2.60. The number of aryl methyl sites for hydroxylation is 2. The molecule has 0 bridgehead atoms. The van der Waals surface area contributed by atoms with E-state index in [4.69, 9.17) is 9.84 Å². The first kappa shape index (κ1) is 19.2. The summed E-state index contributed by atoms with van der Waals surface area (Å²) in [6, 6.07) is 7.51. The lowest BCUT2D eigenvalue weighted by Crippen LogP contribution is -2.11. The number of rotatable bonds is 7. The fraction of sp³-hybridized carbons (Fsp3) is 0.200. The summed E-state index contributed by atoms with van der Waals surface area (Å²) < 4.78 is 19.2. The van der Waals surface area contributed by atoms with Gasteiger partial charge in [-0.25, -0.2) is 9.18 Å². The third kappa shape index (κ3) is 4.08. The first-order valence-electron chi connectivity index (χ1n) is 7.89. The van der Waals surface area contributed by atoms with Crippen molar-refractivity contribution in [3.05, 3.63) is 76.4 Å². The summed E-state index contributed by atoms with van der Waals surface area (Å²) in [5, 5.41) is 12.0. The quantitative estimate of drug-likeness (QED) is 0.576. The number of anilines is 1. The van der Waals surface area contributed by atoms with Gasteiger partial charge in [0.2, 0.25) is 0 Å². The first-order valence-corrected chi connectivity index (χ1v) is 7.89. The standard InChI is InChI=1S/C20H20FNO4/c1-11-9-17(22-13(3)26-4)12(2)8-16(11)18(23)10-14-6-5-7-15(19(14)21)20(24)25/h5-9,22H,3,10H2,1-2,4H3,(H,24,25). The Morgan fingerprint density at radius 1 is 1.19 bits per heavy atom. The highest BCUT2D eigenvalue weighted by Gasteiger charge is 2.18. The maximum Gasteiger partial charge on any atom is 0.338 e. The number of carbonyl (C=O) groups excluding carboxylic acids is 1. The van der Waals surface area contributed by atoms with E-state index in [2.05, 4.69) is 11.9 Å². The van der Waals surface area contributed by atoms with Crippen molar-refractivity contribution in [1.82, 2.24) is 0 Å². The minimum Gasteiger partial charge on any atom is -0.483 e. The molecule has 0 spiro atoms. The average Bonchev–Trinajstić information content (AvgIpc) is 2.59. The van der Waals surface area contributed by atoms with E-state index in [0.29, 0.717) is 17.0 Å². The van der Waals surface area contributed by atoms with Gasteiger partial charge in [-0.05, 0) is 55.3 Å². The topological polar surface area (TPSA) is 75.6 Å². The highest BCUT2D eigenvalue weighted by molar-refractivity contribution is 6.00. The van der Waals surface area contributed by atoms with Crippen LogP contribution in [0.1, 0.15) is 37.4 Å². The number of carboxylic acid groups (broad SMARTS) is 1. The van der Waals surface area contributed by atoms with Crippen LogP contribution >= 0.6 is 0 Å². The number of aromatic carboxylic acids is 1. The van der Waals surface area contributed by atoms with Crippen molar-refractivity contribution in [2.45, 2.75) is 20.3 Å². The zero-order chi connectivity index (χ0) is 19.4. The van der Waals surface area contributed by atoms with Gasteiger partial charge in [0, 0.05) is 17.7 Å². The zero-order valence-electron chi connectivity index (χ0n) is 14.9. The molecule has 26 heavy (non-hydrogen) atoms. The van der Waals surface area contributed by atoms with Gasteiger partial charge in [-0.2, -0.15) is 0 Å². The molecule has 2 aromatic rings. The molecule has 0 saturated carbocycles. The lowest BCUT2D eigenvalue weighted by Gasteiger charge is -2.14. The lowest BCUT2D eigenvalue weighted by molar-refractivity contribution is 0.0691. The van der Waals surface area contributed by atoms with Crippen LogP contribution in [0, 0.1) is 19.7 Å². The summed E-state index contributed by atoms with van der Waals surface area (Å²) in [4.78, 5) is 23.7. The Morgan fingerprint density at radius 2 is 1.88 bits per heavy atom. The molecular weight excluding hydrogens is 337 g/mol. The van der Waals surface area contributed by atoms with Gasteiger partial charge in [0.05, 0.1) is 12.7 Å². The van der Waals surface area contributed by atoms with Crippen molar-refractivity contribution in [3.63, 3.8) is 0 Å². The molecule has 0 heterocycles. The molecule has 0 unspecified atom stereocenters.